The van der Waals surface area contributed by atoms with Gasteiger partial charge in [0.2, 0.25) is 11.4 Å². The maximum atomic E-state index is 11.8. The zero-order valence-corrected chi connectivity index (χ0v) is 22.9. The van der Waals surface area contributed by atoms with Crippen molar-refractivity contribution in [1.29, 1.82) is 0 Å². The van der Waals surface area contributed by atoms with Crippen LogP contribution in [0.1, 0.15) is 56.7 Å². The third-order valence-electron chi connectivity index (χ3n) is 7.08. The highest BCUT2D eigenvalue weighted by Crippen LogP contribution is 2.38. The van der Waals surface area contributed by atoms with E-state index in [4.69, 9.17) is 13.1 Å². The van der Waals surface area contributed by atoms with Gasteiger partial charge in [0.1, 0.15) is 5.75 Å². The van der Waals surface area contributed by atoms with Gasteiger partial charge in [-0.3, -0.25) is 0 Å². The topological polar surface area (TPSA) is 63.1 Å². The van der Waals surface area contributed by atoms with E-state index in [9.17, 15) is 14.7 Å². The summed E-state index contributed by atoms with van der Waals surface area (Å²) in [6, 6.07) is 15.2. The Hall–Kier alpha value is -4.48. The predicted octanol–water partition coefficient (Wildman–Crippen LogP) is 8.00. The number of carbonyl (C=O) groups is 2. The van der Waals surface area contributed by atoms with E-state index in [1.807, 2.05) is 44.2 Å². The normalized spacial score (nSPS) is 24.8. The lowest BCUT2D eigenvalue weighted by Crippen LogP contribution is -2.27. The quantitative estimate of drug-likeness (QED) is 0.417. The minimum absolute atomic E-state index is 0.0267. The Morgan fingerprint density at radius 2 is 1.36 bits per heavy atom. The molecule has 2 aliphatic rings. The SMILES string of the molecule is [C-]#[N+]C1=C[C@](C)(/C=C/c2ccc(C)cc2)CC(C)C1=O.[C-]#[N+]C1=C[C@](C)(/C=C/c2ccc(O)cc2)CCC1=O. The molecule has 198 valence electrons. The molecular weight excluding hydrogens is 484 g/mol. The van der Waals surface area contributed by atoms with Crippen LogP contribution in [0.3, 0.4) is 0 Å². The molecule has 2 aliphatic carbocycles. The molecule has 2 aromatic rings. The predicted molar refractivity (Wildman–Crippen MR) is 156 cm³/mol. The highest BCUT2D eigenvalue weighted by Gasteiger charge is 2.33. The van der Waals surface area contributed by atoms with E-state index in [2.05, 4.69) is 60.0 Å². The second-order valence-electron chi connectivity index (χ2n) is 10.9. The first-order valence-corrected chi connectivity index (χ1v) is 13.0. The lowest BCUT2D eigenvalue weighted by molar-refractivity contribution is -0.119. The fourth-order valence-corrected chi connectivity index (χ4v) is 4.69. The number of allylic oxidation sites excluding steroid dienone is 6. The van der Waals surface area contributed by atoms with Gasteiger partial charge >= 0.3 is 0 Å². The van der Waals surface area contributed by atoms with Crippen LogP contribution in [-0.4, -0.2) is 16.7 Å². The molecular formula is C34H34N2O3. The Bertz CT molecular complexity index is 1430. The van der Waals surface area contributed by atoms with Gasteiger partial charge in [-0.15, -0.1) is 0 Å². The summed E-state index contributed by atoms with van der Waals surface area (Å²) in [5.74, 6) is 0.0605. The van der Waals surface area contributed by atoms with Crippen LogP contribution in [0.5, 0.6) is 5.75 Å². The third kappa shape index (κ3) is 8.00. The summed E-state index contributed by atoms with van der Waals surface area (Å²) in [4.78, 5) is 30.0. The smallest absolute Gasteiger partial charge is 0.226 e. The first-order chi connectivity index (χ1) is 18.5. The van der Waals surface area contributed by atoms with Gasteiger partial charge in [-0.05, 0) is 53.9 Å². The van der Waals surface area contributed by atoms with Crippen LogP contribution in [-0.2, 0) is 9.59 Å². The standard InChI is InChI=1S/C18H19NO.C16H15NO2/c1-13-5-7-15(8-6-13)9-10-18(3)11-14(2)17(20)16(12-18)19-4;1-16(10-8-15(19)14(11-16)17-2)9-7-12-3-5-13(18)6-4-12/h5-10,12,14H,11H2,1-3H3;3-7,9,11,18H,8,10H2,1H3/b10-9+;9-7+/t14?,18-;16-/m11/s1. The van der Waals surface area contributed by atoms with Crippen LogP contribution >= 0.6 is 0 Å². The van der Waals surface area contributed by atoms with Crippen molar-refractivity contribution in [2.24, 2.45) is 16.7 Å². The Balaban J connectivity index is 0.000000216. The average Bonchev–Trinajstić information content (AvgIpc) is 2.92. The number of phenolic OH excluding ortho intramolecular Hbond substituents is 1. The molecule has 1 N–H and O–H groups in total. The fourth-order valence-electron chi connectivity index (χ4n) is 4.69. The maximum absolute atomic E-state index is 11.8. The molecule has 0 aliphatic heterocycles. The second kappa shape index (κ2) is 12.4. The number of aryl methyl sites for hydroxylation is 1. The van der Waals surface area contributed by atoms with Crippen LogP contribution in [0, 0.1) is 36.8 Å². The van der Waals surface area contributed by atoms with E-state index < -0.39 is 0 Å². The van der Waals surface area contributed by atoms with Gasteiger partial charge in [-0.25, -0.2) is 9.69 Å². The Morgan fingerprint density at radius 3 is 1.92 bits per heavy atom. The second-order valence-corrected chi connectivity index (χ2v) is 10.9. The molecule has 0 saturated heterocycles. The first kappa shape index (κ1) is 29.1. The van der Waals surface area contributed by atoms with Crippen molar-refractivity contribution >= 4 is 23.7 Å². The molecule has 0 bridgehead atoms. The number of nitrogens with zero attached hydrogens (tertiary/aromatic N) is 2. The van der Waals surface area contributed by atoms with E-state index in [0.717, 1.165) is 24.0 Å². The number of carbonyl (C=O) groups excluding carboxylic acids is 2. The maximum Gasteiger partial charge on any atom is 0.226 e. The zero-order chi connectivity index (χ0) is 28.6. The number of rotatable bonds is 4. The molecule has 0 radical (unpaired) electrons. The lowest BCUT2D eigenvalue weighted by atomic mass is 9.74. The molecule has 4 rings (SSSR count). The molecule has 3 atom stereocenters. The van der Waals surface area contributed by atoms with Crippen LogP contribution in [0.4, 0.5) is 0 Å². The number of phenols is 1. The summed E-state index contributed by atoms with van der Waals surface area (Å²) in [7, 11) is 0. The first-order valence-electron chi connectivity index (χ1n) is 13.0. The van der Waals surface area contributed by atoms with E-state index in [-0.39, 0.29) is 45.5 Å². The van der Waals surface area contributed by atoms with Gasteiger partial charge < -0.3 is 14.7 Å². The van der Waals surface area contributed by atoms with E-state index >= 15 is 0 Å². The van der Waals surface area contributed by atoms with Crippen LogP contribution in [0.15, 0.2) is 84.2 Å². The van der Waals surface area contributed by atoms with Gasteiger partial charge in [-0.1, -0.05) is 99.2 Å². The number of aromatic hydroxyl groups is 1. The van der Waals surface area contributed by atoms with Crippen molar-refractivity contribution < 1.29 is 14.7 Å². The van der Waals surface area contributed by atoms with Crippen molar-refractivity contribution in [2.75, 3.05) is 0 Å². The molecule has 0 heterocycles. The summed E-state index contributed by atoms with van der Waals surface area (Å²) in [5, 5.41) is 9.22. The van der Waals surface area contributed by atoms with Gasteiger partial charge in [-0.2, -0.15) is 0 Å². The molecule has 0 amide bonds. The van der Waals surface area contributed by atoms with Crippen molar-refractivity contribution in [1.82, 2.24) is 0 Å². The van der Waals surface area contributed by atoms with Crippen molar-refractivity contribution in [3.63, 3.8) is 0 Å². The summed E-state index contributed by atoms with van der Waals surface area (Å²) >= 11 is 0. The highest BCUT2D eigenvalue weighted by molar-refractivity contribution is 5.99. The number of ketones is 2. The zero-order valence-electron chi connectivity index (χ0n) is 22.9. The molecule has 0 spiro atoms. The molecule has 2 aromatic carbocycles. The largest absolute Gasteiger partial charge is 0.508 e. The van der Waals surface area contributed by atoms with Crippen LogP contribution in [0.2, 0.25) is 0 Å². The van der Waals surface area contributed by atoms with Crippen molar-refractivity contribution in [3.8, 4) is 5.75 Å². The average molecular weight is 519 g/mol. The Morgan fingerprint density at radius 1 is 0.846 bits per heavy atom. The lowest BCUT2D eigenvalue weighted by Gasteiger charge is -2.30. The number of benzene rings is 2. The number of hydrogen-bond donors (Lipinski definition) is 1. The van der Waals surface area contributed by atoms with E-state index in [1.54, 1.807) is 18.2 Å². The minimum atomic E-state index is -0.258. The summed E-state index contributed by atoms with van der Waals surface area (Å²) in [5.41, 5.74) is 3.39. The Kier molecular flexibility index (Phi) is 9.23. The number of Topliss-reactive ketones (excluding diaryl/α,β-unsaturated/α-hetero) is 2. The van der Waals surface area contributed by atoms with Crippen molar-refractivity contribution in [3.05, 3.63) is 124 Å². The summed E-state index contributed by atoms with van der Waals surface area (Å²) < 4.78 is 0. The summed E-state index contributed by atoms with van der Waals surface area (Å²) in [6.07, 6.45) is 13.6. The molecule has 1 unspecified atom stereocenters. The van der Waals surface area contributed by atoms with Gasteiger partial charge in [0.25, 0.3) is 0 Å². The fraction of sp³-hybridized carbons (Fsp3) is 0.294. The third-order valence-corrected chi connectivity index (χ3v) is 7.08. The van der Waals surface area contributed by atoms with E-state index in [0.29, 0.717) is 6.42 Å². The Labute approximate surface area is 231 Å². The van der Waals surface area contributed by atoms with Gasteiger partial charge in [0.15, 0.2) is 11.6 Å². The molecule has 0 saturated carbocycles. The van der Waals surface area contributed by atoms with Gasteiger partial charge in [0, 0.05) is 12.3 Å². The molecule has 0 fully saturated rings. The van der Waals surface area contributed by atoms with Crippen LogP contribution in [0.25, 0.3) is 21.8 Å². The molecule has 5 heteroatoms. The highest BCUT2D eigenvalue weighted by atomic mass is 16.3. The monoisotopic (exact) mass is 518 g/mol. The summed E-state index contributed by atoms with van der Waals surface area (Å²) in [6.45, 7) is 22.2. The number of hydrogen-bond acceptors (Lipinski definition) is 3. The molecule has 39 heavy (non-hydrogen) atoms. The van der Waals surface area contributed by atoms with Crippen LogP contribution < -0.4 is 0 Å². The van der Waals surface area contributed by atoms with Crippen molar-refractivity contribution in [2.45, 2.75) is 47.0 Å². The van der Waals surface area contributed by atoms with E-state index in [1.165, 1.54) is 5.56 Å². The molecule has 5 nitrogen and oxygen atoms in total. The minimum Gasteiger partial charge on any atom is -0.508 e. The van der Waals surface area contributed by atoms with Gasteiger partial charge in [0.05, 0.1) is 13.1 Å². The molecule has 0 aromatic heterocycles.